The molecule has 0 unspecified atom stereocenters. The van der Waals surface area contributed by atoms with Crippen LogP contribution in [0.3, 0.4) is 0 Å². The number of benzene rings is 1. The molecule has 1 aromatic rings. The number of hydrogen-bond donors (Lipinski definition) is 0. The molecule has 1 rings (SSSR count). The molecule has 0 spiro atoms. The lowest BCUT2D eigenvalue weighted by Gasteiger charge is -2.07. The summed E-state index contributed by atoms with van der Waals surface area (Å²) in [5.74, 6) is -0.657. The van der Waals surface area contributed by atoms with Gasteiger partial charge in [0.05, 0.1) is 4.47 Å². The second kappa shape index (κ2) is 3.47. The van der Waals surface area contributed by atoms with Gasteiger partial charge in [-0.15, -0.1) is 0 Å². The molecule has 0 aliphatic carbocycles. The van der Waals surface area contributed by atoms with Gasteiger partial charge in [0.1, 0.15) is 5.82 Å². The molecule has 0 aliphatic heterocycles. The van der Waals surface area contributed by atoms with E-state index in [1.54, 1.807) is 0 Å². The molecule has 12 heavy (non-hydrogen) atoms. The lowest BCUT2D eigenvalue weighted by atomic mass is 10.1. The Balaban J connectivity index is 3.33. The highest BCUT2D eigenvalue weighted by Crippen LogP contribution is 2.31. The highest BCUT2D eigenvalue weighted by Gasteiger charge is 2.16. The molecule has 0 fully saturated rings. The molecule has 0 saturated heterocycles. The first-order valence-electron chi connectivity index (χ1n) is 3.26. The number of hydrogen-bond acceptors (Lipinski definition) is 0. The average molecular weight is 239 g/mol. The first kappa shape index (κ1) is 9.58. The van der Waals surface area contributed by atoms with Gasteiger partial charge in [0.15, 0.2) is 0 Å². The van der Waals surface area contributed by atoms with Crippen LogP contribution < -0.4 is 0 Å². The smallest absolute Gasteiger partial charge is 0.206 e. The zero-order valence-corrected chi connectivity index (χ0v) is 7.83. The molecule has 0 heterocycles. The normalized spacial score (nSPS) is 10.8. The highest BCUT2D eigenvalue weighted by molar-refractivity contribution is 9.10. The summed E-state index contributed by atoms with van der Waals surface area (Å²) in [6.07, 6.45) is -2.64. The van der Waals surface area contributed by atoms with Gasteiger partial charge in [0.25, 0.3) is 6.43 Å². The second-order valence-electron chi connectivity index (χ2n) is 2.39. The monoisotopic (exact) mass is 238 g/mol. The summed E-state index contributed by atoms with van der Waals surface area (Å²) >= 11 is 2.78. The molecule has 66 valence electrons. The van der Waals surface area contributed by atoms with Crippen LogP contribution in [0, 0.1) is 12.7 Å². The van der Waals surface area contributed by atoms with Gasteiger partial charge in [-0.2, -0.15) is 0 Å². The van der Waals surface area contributed by atoms with Gasteiger partial charge < -0.3 is 0 Å². The maximum absolute atomic E-state index is 12.7. The molecule has 0 radical (unpaired) electrons. The predicted octanol–water partition coefficient (Wildman–Crippen LogP) is 3.83. The summed E-state index contributed by atoms with van der Waals surface area (Å²) < 4.78 is 37.1. The van der Waals surface area contributed by atoms with Crippen molar-refractivity contribution < 1.29 is 13.2 Å². The van der Waals surface area contributed by atoms with E-state index in [0.717, 1.165) is 6.07 Å². The van der Waals surface area contributed by atoms with Crippen LogP contribution in [0.4, 0.5) is 13.2 Å². The van der Waals surface area contributed by atoms with Gasteiger partial charge in [-0.1, -0.05) is 6.07 Å². The van der Waals surface area contributed by atoms with Crippen molar-refractivity contribution in [1.82, 2.24) is 0 Å². The third-order valence-corrected chi connectivity index (χ3v) is 2.37. The predicted molar refractivity (Wildman–Crippen MR) is 43.8 cm³/mol. The first-order valence-corrected chi connectivity index (χ1v) is 4.06. The number of alkyl halides is 2. The summed E-state index contributed by atoms with van der Waals surface area (Å²) in [4.78, 5) is 0. The molecular formula is C8H6BrF3. The Morgan fingerprint density at radius 2 is 1.92 bits per heavy atom. The van der Waals surface area contributed by atoms with E-state index < -0.39 is 12.2 Å². The molecule has 0 amide bonds. The minimum atomic E-state index is -2.64. The van der Waals surface area contributed by atoms with Crippen LogP contribution in [-0.2, 0) is 0 Å². The van der Waals surface area contributed by atoms with E-state index in [1.165, 1.54) is 13.0 Å². The van der Waals surface area contributed by atoms with Crippen molar-refractivity contribution in [3.05, 3.63) is 33.5 Å². The number of rotatable bonds is 1. The van der Waals surface area contributed by atoms with Crippen LogP contribution in [0.1, 0.15) is 17.6 Å². The molecule has 0 bridgehead atoms. The highest BCUT2D eigenvalue weighted by atomic mass is 79.9. The fourth-order valence-corrected chi connectivity index (χ4v) is 1.55. The van der Waals surface area contributed by atoms with Crippen molar-refractivity contribution >= 4 is 15.9 Å². The van der Waals surface area contributed by atoms with Crippen LogP contribution >= 0.6 is 15.9 Å². The Bertz CT molecular complexity index is 297. The Hall–Kier alpha value is -0.510. The van der Waals surface area contributed by atoms with Crippen molar-refractivity contribution in [2.24, 2.45) is 0 Å². The number of aryl methyl sites for hydroxylation is 1. The molecule has 0 N–H and O–H groups in total. The fourth-order valence-electron chi connectivity index (χ4n) is 0.931. The standard InChI is InChI=1S/C8H6BrF3/c1-4-2-3-5(10)7(9)6(4)8(11)12/h2-3,8H,1H3. The molecule has 0 atom stereocenters. The summed E-state index contributed by atoms with van der Waals surface area (Å²) in [5, 5.41) is 0. The molecule has 0 nitrogen and oxygen atoms in total. The van der Waals surface area contributed by atoms with Crippen LogP contribution in [-0.4, -0.2) is 0 Å². The Morgan fingerprint density at radius 1 is 1.33 bits per heavy atom. The van der Waals surface area contributed by atoms with Crippen molar-refractivity contribution in [2.75, 3.05) is 0 Å². The third-order valence-electron chi connectivity index (χ3n) is 1.57. The van der Waals surface area contributed by atoms with E-state index in [0.29, 0.717) is 5.56 Å². The fraction of sp³-hybridized carbons (Fsp3) is 0.250. The van der Waals surface area contributed by atoms with Crippen LogP contribution in [0.5, 0.6) is 0 Å². The van der Waals surface area contributed by atoms with E-state index in [1.807, 2.05) is 0 Å². The zero-order chi connectivity index (χ0) is 9.30. The van der Waals surface area contributed by atoms with E-state index >= 15 is 0 Å². The summed E-state index contributed by atoms with van der Waals surface area (Å²) in [7, 11) is 0. The van der Waals surface area contributed by atoms with Gasteiger partial charge in [-0.05, 0) is 34.5 Å². The van der Waals surface area contributed by atoms with Crippen LogP contribution in [0.25, 0.3) is 0 Å². The van der Waals surface area contributed by atoms with E-state index in [2.05, 4.69) is 15.9 Å². The SMILES string of the molecule is Cc1ccc(F)c(Br)c1C(F)F. The molecule has 4 heteroatoms. The molecule has 0 aliphatic rings. The summed E-state index contributed by atoms with van der Waals surface area (Å²) in [6, 6.07) is 2.49. The zero-order valence-electron chi connectivity index (χ0n) is 6.24. The average Bonchev–Trinajstić information content (AvgIpc) is 1.97. The Kier molecular flexibility index (Phi) is 2.77. The van der Waals surface area contributed by atoms with Crippen molar-refractivity contribution in [2.45, 2.75) is 13.3 Å². The Morgan fingerprint density at radius 3 is 2.33 bits per heavy atom. The summed E-state index contributed by atoms with van der Waals surface area (Å²) in [6.45, 7) is 1.52. The first-order chi connectivity index (χ1) is 5.54. The quantitative estimate of drug-likeness (QED) is 0.698. The molecule has 0 saturated carbocycles. The largest absolute Gasteiger partial charge is 0.265 e. The van der Waals surface area contributed by atoms with Crippen LogP contribution in [0.15, 0.2) is 16.6 Å². The van der Waals surface area contributed by atoms with Crippen LogP contribution in [0.2, 0.25) is 0 Å². The maximum atomic E-state index is 12.7. The van der Waals surface area contributed by atoms with E-state index in [4.69, 9.17) is 0 Å². The lowest BCUT2D eigenvalue weighted by molar-refractivity contribution is 0.149. The second-order valence-corrected chi connectivity index (χ2v) is 3.19. The lowest BCUT2D eigenvalue weighted by Crippen LogP contribution is -1.93. The maximum Gasteiger partial charge on any atom is 0.265 e. The number of halogens is 4. The minimum Gasteiger partial charge on any atom is -0.206 e. The third kappa shape index (κ3) is 1.63. The van der Waals surface area contributed by atoms with Crippen molar-refractivity contribution in [3.8, 4) is 0 Å². The van der Waals surface area contributed by atoms with Gasteiger partial charge in [-0.3, -0.25) is 0 Å². The topological polar surface area (TPSA) is 0 Å². The van der Waals surface area contributed by atoms with E-state index in [9.17, 15) is 13.2 Å². The van der Waals surface area contributed by atoms with E-state index in [-0.39, 0.29) is 10.0 Å². The Labute approximate surface area is 76.5 Å². The minimum absolute atomic E-state index is 0.141. The molecular weight excluding hydrogens is 233 g/mol. The molecule has 0 aromatic heterocycles. The summed E-state index contributed by atoms with van der Waals surface area (Å²) in [5.41, 5.74) is 0.119. The van der Waals surface area contributed by atoms with Gasteiger partial charge in [0.2, 0.25) is 0 Å². The van der Waals surface area contributed by atoms with Crippen molar-refractivity contribution in [3.63, 3.8) is 0 Å². The van der Waals surface area contributed by atoms with Crippen molar-refractivity contribution in [1.29, 1.82) is 0 Å². The van der Waals surface area contributed by atoms with Gasteiger partial charge in [0, 0.05) is 5.56 Å². The van der Waals surface area contributed by atoms with Gasteiger partial charge >= 0.3 is 0 Å². The van der Waals surface area contributed by atoms with Gasteiger partial charge in [-0.25, -0.2) is 13.2 Å². The molecule has 1 aromatic carbocycles.